The maximum atomic E-state index is 13.7. The van der Waals surface area contributed by atoms with Crippen molar-refractivity contribution in [3.63, 3.8) is 0 Å². The van der Waals surface area contributed by atoms with E-state index in [0.29, 0.717) is 17.8 Å². The summed E-state index contributed by atoms with van der Waals surface area (Å²) in [6.45, 7) is 0. The first-order valence-electron chi connectivity index (χ1n) is 9.10. The Bertz CT molecular complexity index is 669. The Kier molecular flexibility index (Phi) is 3.02. The Balaban J connectivity index is 1.52. The molecule has 4 aliphatic carbocycles. The number of hydrogen-bond acceptors (Lipinski definition) is 3. The molecule has 4 saturated carbocycles. The van der Waals surface area contributed by atoms with E-state index in [1.807, 2.05) is 0 Å². The van der Waals surface area contributed by atoms with Gasteiger partial charge in [-0.2, -0.15) is 10.4 Å². The monoisotopic (exact) mass is 332 g/mol. The highest BCUT2D eigenvalue weighted by molar-refractivity contribution is 5.54. The number of hydrogen-bond donors (Lipinski definition) is 1. The minimum atomic E-state index is -2.45. The van der Waals surface area contributed by atoms with Crippen molar-refractivity contribution in [2.75, 3.05) is 5.32 Å². The second-order valence-electron chi connectivity index (χ2n) is 8.58. The SMILES string of the molecule is N#Cc1cnn2c1N[C@@H](C13CC4CC(CC(C4)C1)C3)C[C@H]2C(F)F. The predicted molar refractivity (Wildman–Crippen MR) is 84.6 cm³/mol. The van der Waals surface area contributed by atoms with Gasteiger partial charge in [-0.3, -0.25) is 0 Å². The molecule has 0 saturated heterocycles. The summed E-state index contributed by atoms with van der Waals surface area (Å²) in [5.74, 6) is 2.86. The molecule has 1 N–H and O–H groups in total. The molecule has 4 bridgehead atoms. The van der Waals surface area contributed by atoms with E-state index < -0.39 is 12.5 Å². The molecule has 0 unspecified atom stereocenters. The molecule has 2 heterocycles. The van der Waals surface area contributed by atoms with Crippen molar-refractivity contribution in [2.24, 2.45) is 23.2 Å². The lowest BCUT2D eigenvalue weighted by Gasteiger charge is -2.60. The second kappa shape index (κ2) is 4.93. The molecule has 4 fully saturated rings. The van der Waals surface area contributed by atoms with Gasteiger partial charge < -0.3 is 5.32 Å². The number of aromatic nitrogens is 2. The number of nitrogens with zero attached hydrogens (tertiary/aromatic N) is 3. The summed E-state index contributed by atoms with van der Waals surface area (Å²) in [7, 11) is 0. The van der Waals surface area contributed by atoms with Gasteiger partial charge in [0.1, 0.15) is 23.5 Å². The Morgan fingerprint density at radius 2 is 1.79 bits per heavy atom. The zero-order valence-corrected chi connectivity index (χ0v) is 13.6. The van der Waals surface area contributed by atoms with Gasteiger partial charge in [-0.25, -0.2) is 13.5 Å². The van der Waals surface area contributed by atoms with Crippen LogP contribution >= 0.6 is 0 Å². The lowest BCUT2D eigenvalue weighted by Crippen LogP contribution is -2.56. The van der Waals surface area contributed by atoms with Crippen LogP contribution in [0, 0.1) is 34.5 Å². The molecule has 1 aromatic rings. The molecule has 5 aliphatic rings. The average molecular weight is 332 g/mol. The molecular weight excluding hydrogens is 310 g/mol. The molecule has 2 atom stereocenters. The third-order valence-electron chi connectivity index (χ3n) is 7.13. The predicted octanol–water partition coefficient (Wildman–Crippen LogP) is 3.96. The van der Waals surface area contributed by atoms with Crippen molar-refractivity contribution in [2.45, 2.75) is 63.5 Å². The lowest BCUT2D eigenvalue weighted by molar-refractivity contribution is -0.0723. The zero-order valence-electron chi connectivity index (χ0n) is 13.6. The molecule has 0 radical (unpaired) electrons. The molecule has 24 heavy (non-hydrogen) atoms. The van der Waals surface area contributed by atoms with Crippen LogP contribution in [-0.2, 0) is 0 Å². The highest BCUT2D eigenvalue weighted by atomic mass is 19.3. The number of nitriles is 1. The van der Waals surface area contributed by atoms with Crippen molar-refractivity contribution in [3.8, 4) is 6.07 Å². The van der Waals surface area contributed by atoms with Gasteiger partial charge >= 0.3 is 0 Å². The van der Waals surface area contributed by atoms with Crippen molar-refractivity contribution in [1.29, 1.82) is 5.26 Å². The largest absolute Gasteiger partial charge is 0.366 e. The standard InChI is InChI=1S/C18H22F2N4/c19-16(20)14-4-15(23-17-13(8-21)9-22-24(14)17)18-5-10-1-11(6-18)3-12(2-10)7-18/h9-12,14-16,23H,1-7H2/t10?,11?,12?,14-,15+,18?/m0/s1. The summed E-state index contributed by atoms with van der Waals surface area (Å²) < 4.78 is 28.7. The van der Waals surface area contributed by atoms with Crippen LogP contribution in [0.25, 0.3) is 0 Å². The fraction of sp³-hybridized carbons (Fsp3) is 0.778. The summed E-state index contributed by atoms with van der Waals surface area (Å²) in [5, 5.41) is 16.8. The average Bonchev–Trinajstić information content (AvgIpc) is 2.95. The molecule has 1 aromatic heterocycles. The summed E-state index contributed by atoms with van der Waals surface area (Å²) in [6, 6.07) is 1.23. The van der Waals surface area contributed by atoms with Crippen LogP contribution in [-0.4, -0.2) is 22.2 Å². The molecule has 6 heteroatoms. The highest BCUT2D eigenvalue weighted by Gasteiger charge is 2.56. The molecule has 0 aromatic carbocycles. The van der Waals surface area contributed by atoms with Crippen LogP contribution in [0.15, 0.2) is 6.20 Å². The Hall–Kier alpha value is -1.64. The van der Waals surface area contributed by atoms with E-state index in [9.17, 15) is 14.0 Å². The van der Waals surface area contributed by atoms with Gasteiger partial charge in [0.05, 0.1) is 6.20 Å². The molecule has 128 valence electrons. The fourth-order valence-electron chi connectivity index (χ4n) is 6.62. The van der Waals surface area contributed by atoms with Gasteiger partial charge in [0.25, 0.3) is 6.43 Å². The van der Waals surface area contributed by atoms with Crippen molar-refractivity contribution in [3.05, 3.63) is 11.8 Å². The van der Waals surface area contributed by atoms with Gasteiger partial charge in [0.2, 0.25) is 0 Å². The Labute approximate surface area is 140 Å². The van der Waals surface area contributed by atoms with Crippen molar-refractivity contribution in [1.82, 2.24) is 9.78 Å². The summed E-state index contributed by atoms with van der Waals surface area (Å²) in [5.41, 5.74) is 0.527. The zero-order chi connectivity index (χ0) is 16.5. The number of anilines is 1. The number of rotatable bonds is 2. The van der Waals surface area contributed by atoms with Crippen LogP contribution in [0.4, 0.5) is 14.6 Å². The van der Waals surface area contributed by atoms with Crippen LogP contribution in [0.2, 0.25) is 0 Å². The first-order valence-corrected chi connectivity index (χ1v) is 9.10. The normalized spacial score (nSPS) is 42.7. The van der Waals surface area contributed by atoms with Crippen LogP contribution < -0.4 is 5.32 Å². The van der Waals surface area contributed by atoms with E-state index in [4.69, 9.17) is 0 Å². The molecule has 0 spiro atoms. The van der Waals surface area contributed by atoms with E-state index in [1.165, 1.54) is 49.4 Å². The quantitative estimate of drug-likeness (QED) is 0.892. The number of fused-ring (bicyclic) bond motifs is 1. The van der Waals surface area contributed by atoms with Crippen molar-refractivity contribution < 1.29 is 8.78 Å². The lowest BCUT2D eigenvalue weighted by atomic mass is 9.47. The fourth-order valence-corrected chi connectivity index (χ4v) is 6.62. The number of nitrogens with one attached hydrogen (secondary N) is 1. The smallest absolute Gasteiger partial charge is 0.260 e. The second-order valence-corrected chi connectivity index (χ2v) is 8.58. The Morgan fingerprint density at radius 3 is 2.33 bits per heavy atom. The molecular formula is C18H22F2N4. The maximum Gasteiger partial charge on any atom is 0.260 e. The van der Waals surface area contributed by atoms with E-state index in [1.54, 1.807) is 0 Å². The minimum absolute atomic E-state index is 0.0428. The third kappa shape index (κ3) is 1.96. The summed E-state index contributed by atoms with van der Waals surface area (Å²) >= 11 is 0. The van der Waals surface area contributed by atoms with Crippen LogP contribution in [0.5, 0.6) is 0 Å². The summed E-state index contributed by atoms with van der Waals surface area (Å²) in [6.07, 6.45) is 6.91. The molecule has 1 aliphatic heterocycles. The first-order chi connectivity index (χ1) is 11.6. The van der Waals surface area contributed by atoms with Gasteiger partial charge in [-0.1, -0.05) is 0 Å². The molecule has 4 nitrogen and oxygen atoms in total. The van der Waals surface area contributed by atoms with Gasteiger partial charge in [0, 0.05) is 6.04 Å². The maximum absolute atomic E-state index is 13.7. The Morgan fingerprint density at radius 1 is 1.17 bits per heavy atom. The van der Waals surface area contributed by atoms with Gasteiger partial charge in [0.15, 0.2) is 0 Å². The minimum Gasteiger partial charge on any atom is -0.366 e. The van der Waals surface area contributed by atoms with Crippen LogP contribution in [0.3, 0.4) is 0 Å². The highest BCUT2D eigenvalue weighted by Crippen LogP contribution is 2.62. The third-order valence-corrected chi connectivity index (χ3v) is 7.13. The number of halogens is 2. The van der Waals surface area contributed by atoms with E-state index in [0.717, 1.165) is 17.8 Å². The van der Waals surface area contributed by atoms with Crippen molar-refractivity contribution >= 4 is 5.82 Å². The first kappa shape index (κ1) is 14.7. The topological polar surface area (TPSA) is 53.6 Å². The van der Waals surface area contributed by atoms with E-state index in [2.05, 4.69) is 16.5 Å². The molecule has 6 rings (SSSR count). The number of alkyl halides is 2. The van der Waals surface area contributed by atoms with E-state index >= 15 is 0 Å². The van der Waals surface area contributed by atoms with Gasteiger partial charge in [-0.15, -0.1) is 0 Å². The molecule has 0 amide bonds. The summed E-state index contributed by atoms with van der Waals surface area (Å²) in [4.78, 5) is 0. The van der Waals surface area contributed by atoms with Gasteiger partial charge in [-0.05, 0) is 68.1 Å². The van der Waals surface area contributed by atoms with Crippen LogP contribution in [0.1, 0.15) is 56.6 Å². The van der Waals surface area contributed by atoms with E-state index in [-0.39, 0.29) is 11.5 Å².